The van der Waals surface area contributed by atoms with Crippen LogP contribution < -0.4 is 16.0 Å². The lowest BCUT2D eigenvalue weighted by atomic mass is 10.2. The van der Waals surface area contributed by atoms with Crippen LogP contribution in [-0.2, 0) is 0 Å². The third kappa shape index (κ3) is 3.40. The van der Waals surface area contributed by atoms with Crippen molar-refractivity contribution in [3.63, 3.8) is 0 Å². The Labute approximate surface area is 145 Å². The molecule has 1 fully saturated rings. The second-order valence-electron chi connectivity index (χ2n) is 6.24. The number of benzene rings is 1. The maximum Gasteiger partial charge on any atom is 0.251 e. The normalized spacial score (nSPS) is 13.6. The van der Waals surface area contributed by atoms with Gasteiger partial charge in [0.05, 0.1) is 5.39 Å². The van der Waals surface area contributed by atoms with Crippen molar-refractivity contribution in [1.82, 2.24) is 20.3 Å². The third-order valence-corrected chi connectivity index (χ3v) is 4.30. The number of hydrogen-bond donors (Lipinski definition) is 4. The van der Waals surface area contributed by atoms with E-state index in [-0.39, 0.29) is 5.91 Å². The number of nitrogens with one attached hydrogen (secondary N) is 4. The molecule has 1 amide bonds. The SMILES string of the molecule is CNC(=O)c1ccc(Nc2nc(NCC3CC3)c3cc[nH]c3n2)cc1. The minimum atomic E-state index is -0.109. The van der Waals surface area contributed by atoms with Crippen LogP contribution in [0.4, 0.5) is 17.5 Å². The van der Waals surface area contributed by atoms with Crippen molar-refractivity contribution >= 4 is 34.4 Å². The molecule has 1 aromatic carbocycles. The molecule has 4 rings (SSSR count). The fraction of sp³-hybridized carbons (Fsp3) is 0.278. The average molecular weight is 336 g/mol. The summed E-state index contributed by atoms with van der Waals surface area (Å²) in [6, 6.07) is 9.18. The van der Waals surface area contributed by atoms with Crippen LogP contribution in [0.3, 0.4) is 0 Å². The summed E-state index contributed by atoms with van der Waals surface area (Å²) in [6.45, 7) is 0.942. The van der Waals surface area contributed by atoms with Crippen LogP contribution in [0, 0.1) is 5.92 Å². The van der Waals surface area contributed by atoms with Gasteiger partial charge in [-0.25, -0.2) is 0 Å². The lowest BCUT2D eigenvalue weighted by molar-refractivity contribution is 0.0963. The average Bonchev–Trinajstić information content (AvgIpc) is 3.35. The molecule has 1 saturated carbocycles. The highest BCUT2D eigenvalue weighted by Crippen LogP contribution is 2.30. The first kappa shape index (κ1) is 15.4. The highest BCUT2D eigenvalue weighted by atomic mass is 16.1. The number of anilines is 3. The van der Waals surface area contributed by atoms with Crippen LogP contribution >= 0.6 is 0 Å². The van der Waals surface area contributed by atoms with E-state index in [1.807, 2.05) is 24.4 Å². The van der Waals surface area contributed by atoms with Gasteiger partial charge < -0.3 is 20.9 Å². The zero-order valence-corrected chi connectivity index (χ0v) is 14.0. The number of rotatable bonds is 6. The molecular weight excluding hydrogens is 316 g/mol. The quantitative estimate of drug-likeness (QED) is 0.555. The highest BCUT2D eigenvalue weighted by molar-refractivity contribution is 5.94. The first-order valence-corrected chi connectivity index (χ1v) is 8.41. The van der Waals surface area contributed by atoms with E-state index in [1.54, 1.807) is 19.2 Å². The van der Waals surface area contributed by atoms with Gasteiger partial charge in [0.25, 0.3) is 5.91 Å². The predicted molar refractivity (Wildman–Crippen MR) is 98.2 cm³/mol. The smallest absolute Gasteiger partial charge is 0.251 e. The number of aromatic amines is 1. The second-order valence-corrected chi connectivity index (χ2v) is 6.24. The van der Waals surface area contributed by atoms with Gasteiger partial charge in [-0.2, -0.15) is 9.97 Å². The molecule has 0 atom stereocenters. The van der Waals surface area contributed by atoms with Crippen LogP contribution in [0.2, 0.25) is 0 Å². The molecule has 0 radical (unpaired) electrons. The summed E-state index contributed by atoms with van der Waals surface area (Å²) in [5.74, 6) is 2.00. The summed E-state index contributed by atoms with van der Waals surface area (Å²) in [7, 11) is 1.62. The summed E-state index contributed by atoms with van der Waals surface area (Å²) in [4.78, 5) is 23.9. The Morgan fingerprint density at radius 1 is 1.20 bits per heavy atom. The number of aromatic nitrogens is 3. The molecule has 7 heteroatoms. The Kier molecular flexibility index (Phi) is 3.97. The van der Waals surface area contributed by atoms with E-state index in [2.05, 4.69) is 30.9 Å². The van der Waals surface area contributed by atoms with Crippen molar-refractivity contribution in [3.8, 4) is 0 Å². The maximum absolute atomic E-state index is 11.6. The van der Waals surface area contributed by atoms with E-state index in [4.69, 9.17) is 0 Å². The number of nitrogens with zero attached hydrogens (tertiary/aromatic N) is 2. The Bertz CT molecular complexity index is 898. The standard InChI is InChI=1S/C18H20N6O/c1-19-17(25)12-4-6-13(7-5-12)22-18-23-15-14(8-9-20-15)16(24-18)21-10-11-2-3-11/h4-9,11H,2-3,10H2,1H3,(H,19,25)(H3,20,21,22,23,24). The summed E-state index contributed by atoms with van der Waals surface area (Å²) < 4.78 is 0. The molecule has 7 nitrogen and oxygen atoms in total. The molecule has 2 heterocycles. The van der Waals surface area contributed by atoms with Gasteiger partial charge in [0.2, 0.25) is 5.95 Å². The molecule has 1 aliphatic carbocycles. The Morgan fingerprint density at radius 2 is 2.00 bits per heavy atom. The minimum Gasteiger partial charge on any atom is -0.369 e. The zero-order valence-electron chi connectivity index (χ0n) is 14.0. The minimum absolute atomic E-state index is 0.109. The number of fused-ring (bicyclic) bond motifs is 1. The zero-order chi connectivity index (χ0) is 17.2. The van der Waals surface area contributed by atoms with Gasteiger partial charge in [-0.05, 0) is 49.1 Å². The number of carbonyl (C=O) groups excluding carboxylic acids is 1. The monoisotopic (exact) mass is 336 g/mol. The van der Waals surface area contributed by atoms with Crippen molar-refractivity contribution in [1.29, 1.82) is 0 Å². The highest BCUT2D eigenvalue weighted by Gasteiger charge is 2.21. The number of H-pyrrole nitrogens is 1. The Morgan fingerprint density at radius 3 is 2.72 bits per heavy atom. The van der Waals surface area contributed by atoms with E-state index in [0.29, 0.717) is 11.5 Å². The van der Waals surface area contributed by atoms with Crippen LogP contribution in [0.5, 0.6) is 0 Å². The molecule has 25 heavy (non-hydrogen) atoms. The molecule has 2 aromatic heterocycles. The van der Waals surface area contributed by atoms with Gasteiger partial charge >= 0.3 is 0 Å². The molecule has 0 bridgehead atoms. The van der Waals surface area contributed by atoms with Crippen molar-refractivity contribution in [2.24, 2.45) is 5.92 Å². The Balaban J connectivity index is 1.56. The van der Waals surface area contributed by atoms with E-state index < -0.39 is 0 Å². The summed E-state index contributed by atoms with van der Waals surface area (Å²) >= 11 is 0. The lowest BCUT2D eigenvalue weighted by Crippen LogP contribution is -2.17. The molecule has 0 saturated heterocycles. The summed E-state index contributed by atoms with van der Waals surface area (Å²) in [5.41, 5.74) is 2.23. The van der Waals surface area contributed by atoms with Gasteiger partial charge in [-0.15, -0.1) is 0 Å². The third-order valence-electron chi connectivity index (χ3n) is 4.30. The number of carbonyl (C=O) groups is 1. The van der Waals surface area contributed by atoms with E-state index in [0.717, 1.165) is 35.0 Å². The van der Waals surface area contributed by atoms with Crippen molar-refractivity contribution in [2.75, 3.05) is 24.2 Å². The summed E-state index contributed by atoms with van der Waals surface area (Å²) in [5, 5.41) is 10.2. The largest absolute Gasteiger partial charge is 0.369 e. The molecule has 0 spiro atoms. The molecule has 0 aliphatic heterocycles. The van der Waals surface area contributed by atoms with Crippen molar-refractivity contribution in [2.45, 2.75) is 12.8 Å². The van der Waals surface area contributed by atoms with Crippen LogP contribution in [-0.4, -0.2) is 34.5 Å². The van der Waals surface area contributed by atoms with Crippen LogP contribution in [0.25, 0.3) is 11.0 Å². The van der Waals surface area contributed by atoms with E-state index >= 15 is 0 Å². The molecule has 3 aromatic rings. The topological polar surface area (TPSA) is 94.7 Å². The van der Waals surface area contributed by atoms with Crippen molar-refractivity contribution in [3.05, 3.63) is 42.1 Å². The molecule has 1 aliphatic rings. The number of amides is 1. The van der Waals surface area contributed by atoms with Gasteiger partial charge in [0, 0.05) is 31.0 Å². The fourth-order valence-corrected chi connectivity index (χ4v) is 2.67. The first-order valence-electron chi connectivity index (χ1n) is 8.41. The molecule has 4 N–H and O–H groups in total. The van der Waals surface area contributed by atoms with Crippen molar-refractivity contribution < 1.29 is 4.79 Å². The van der Waals surface area contributed by atoms with Crippen LogP contribution in [0.15, 0.2) is 36.5 Å². The fourth-order valence-electron chi connectivity index (χ4n) is 2.67. The van der Waals surface area contributed by atoms with Gasteiger partial charge in [0.1, 0.15) is 11.5 Å². The Hall–Kier alpha value is -3.09. The predicted octanol–water partition coefficient (Wildman–Crippen LogP) is 2.88. The van der Waals surface area contributed by atoms with Gasteiger partial charge in [-0.1, -0.05) is 0 Å². The number of hydrogen-bond acceptors (Lipinski definition) is 5. The lowest BCUT2D eigenvalue weighted by Gasteiger charge is -2.10. The first-order chi connectivity index (χ1) is 12.2. The van der Waals surface area contributed by atoms with E-state index in [1.165, 1.54) is 12.8 Å². The maximum atomic E-state index is 11.6. The summed E-state index contributed by atoms with van der Waals surface area (Å²) in [6.07, 6.45) is 4.44. The molecule has 128 valence electrons. The van der Waals surface area contributed by atoms with Gasteiger partial charge in [0.15, 0.2) is 0 Å². The van der Waals surface area contributed by atoms with E-state index in [9.17, 15) is 4.79 Å². The second kappa shape index (κ2) is 6.43. The van der Waals surface area contributed by atoms with Crippen LogP contribution in [0.1, 0.15) is 23.2 Å². The molecule has 0 unspecified atom stereocenters. The van der Waals surface area contributed by atoms with Gasteiger partial charge in [-0.3, -0.25) is 4.79 Å². The molecular formula is C18H20N6O.